The maximum atomic E-state index is 12.8. The van der Waals surface area contributed by atoms with Crippen molar-refractivity contribution in [1.29, 1.82) is 0 Å². The number of unbranched alkanes of at least 4 members (excludes halogenated alkanes) is 37. The summed E-state index contributed by atoms with van der Waals surface area (Å²) in [7, 11) is 0. The van der Waals surface area contributed by atoms with E-state index in [4.69, 9.17) is 14.2 Å². The number of hydrogen-bond acceptors (Lipinski definition) is 6. The molecule has 1 atom stereocenters. The lowest BCUT2D eigenvalue weighted by Crippen LogP contribution is -2.30. The third-order valence-corrected chi connectivity index (χ3v) is 14.0. The van der Waals surface area contributed by atoms with Gasteiger partial charge in [0, 0.05) is 19.3 Å². The summed E-state index contributed by atoms with van der Waals surface area (Å²) in [5, 5.41) is 0. The number of hydrogen-bond donors (Lipinski definition) is 0. The Bertz CT molecular complexity index is 1310. The third-order valence-electron chi connectivity index (χ3n) is 14.0. The largest absolute Gasteiger partial charge is 0.462 e. The molecule has 6 nitrogen and oxygen atoms in total. The molecule has 0 aromatic carbocycles. The van der Waals surface area contributed by atoms with Gasteiger partial charge < -0.3 is 14.2 Å². The van der Waals surface area contributed by atoms with Crippen LogP contribution in [-0.2, 0) is 28.6 Å². The van der Waals surface area contributed by atoms with Crippen LogP contribution in [0.4, 0.5) is 0 Å². The molecule has 0 bridgehead atoms. The Kier molecular flexibility index (Phi) is 59.2. The molecule has 0 aliphatic carbocycles. The summed E-state index contributed by atoms with van der Waals surface area (Å²) in [4.78, 5) is 38.0. The van der Waals surface area contributed by atoms with Gasteiger partial charge in [-0.1, -0.05) is 281 Å². The molecule has 0 amide bonds. The molecule has 0 aliphatic rings. The van der Waals surface area contributed by atoms with Gasteiger partial charge in [-0.25, -0.2) is 0 Å². The molecule has 0 rings (SSSR count). The smallest absolute Gasteiger partial charge is 0.306 e. The minimum Gasteiger partial charge on any atom is -0.462 e. The molecule has 0 saturated carbocycles. The van der Waals surface area contributed by atoms with Crippen molar-refractivity contribution in [3.63, 3.8) is 0 Å². The highest BCUT2D eigenvalue weighted by Gasteiger charge is 2.19. The zero-order valence-electron chi connectivity index (χ0n) is 48.7. The first-order chi connectivity index (χ1) is 36.0. The van der Waals surface area contributed by atoms with Crippen LogP contribution in [0, 0.1) is 0 Å². The van der Waals surface area contributed by atoms with E-state index in [1.807, 2.05) is 0 Å². The Balaban J connectivity index is 4.08. The van der Waals surface area contributed by atoms with Gasteiger partial charge in [0.2, 0.25) is 0 Å². The van der Waals surface area contributed by atoms with Crippen molar-refractivity contribution in [2.24, 2.45) is 0 Å². The summed E-state index contributed by atoms with van der Waals surface area (Å²) in [6, 6.07) is 0. The van der Waals surface area contributed by atoms with Crippen LogP contribution in [0.25, 0.3) is 0 Å². The van der Waals surface area contributed by atoms with Crippen molar-refractivity contribution in [1.82, 2.24) is 0 Å². The summed E-state index contributed by atoms with van der Waals surface area (Å²) in [5.41, 5.74) is 0. The summed E-state index contributed by atoms with van der Waals surface area (Å²) in [6.07, 6.45) is 78.3. The van der Waals surface area contributed by atoms with E-state index in [0.29, 0.717) is 19.3 Å². The standard InChI is InChI=1S/C67H120O6/c1-4-7-10-13-16-18-20-22-24-26-28-29-30-31-32-33-34-35-36-37-39-40-42-44-46-48-51-54-57-60-66(69)72-63-64(62-71-65(68)59-56-53-50-15-12-9-6-3)73-67(70)61-58-55-52-49-47-45-43-41-38-27-25-23-21-19-17-14-11-8-5-2/h17,19-20,22-23,25-26,28,38,41,64H,4-16,18,21,24,27,29-37,39-40,42-63H2,1-3H3/b19-17-,22-20-,25-23-,28-26-,41-38-. The van der Waals surface area contributed by atoms with E-state index in [-0.39, 0.29) is 31.1 Å². The van der Waals surface area contributed by atoms with E-state index >= 15 is 0 Å². The fourth-order valence-electron chi connectivity index (χ4n) is 9.19. The Morgan fingerprint density at radius 1 is 0.274 bits per heavy atom. The van der Waals surface area contributed by atoms with E-state index in [0.717, 1.165) is 83.5 Å². The van der Waals surface area contributed by atoms with Crippen LogP contribution in [0.2, 0.25) is 0 Å². The highest BCUT2D eigenvalue weighted by atomic mass is 16.6. The Hall–Kier alpha value is -2.89. The fourth-order valence-corrected chi connectivity index (χ4v) is 9.19. The van der Waals surface area contributed by atoms with Crippen LogP contribution in [0.3, 0.4) is 0 Å². The molecule has 6 heteroatoms. The first kappa shape index (κ1) is 70.1. The van der Waals surface area contributed by atoms with Crippen LogP contribution in [-0.4, -0.2) is 37.2 Å². The van der Waals surface area contributed by atoms with Gasteiger partial charge in [0.1, 0.15) is 13.2 Å². The highest BCUT2D eigenvalue weighted by molar-refractivity contribution is 5.71. The molecule has 0 aromatic heterocycles. The molecule has 424 valence electrons. The van der Waals surface area contributed by atoms with Crippen molar-refractivity contribution in [2.75, 3.05) is 13.2 Å². The molecule has 0 radical (unpaired) electrons. The zero-order valence-corrected chi connectivity index (χ0v) is 48.7. The van der Waals surface area contributed by atoms with Crippen LogP contribution in [0.1, 0.15) is 329 Å². The average molecular weight is 1020 g/mol. The number of carbonyl (C=O) groups excluding carboxylic acids is 3. The molecular formula is C67H120O6. The highest BCUT2D eigenvalue weighted by Crippen LogP contribution is 2.17. The molecule has 73 heavy (non-hydrogen) atoms. The van der Waals surface area contributed by atoms with Gasteiger partial charge >= 0.3 is 17.9 Å². The second-order valence-electron chi connectivity index (χ2n) is 21.3. The van der Waals surface area contributed by atoms with E-state index in [1.165, 1.54) is 205 Å². The van der Waals surface area contributed by atoms with Gasteiger partial charge in [0.05, 0.1) is 0 Å². The Labute approximate surface area is 453 Å². The minimum absolute atomic E-state index is 0.0765. The molecule has 0 spiro atoms. The molecule has 0 saturated heterocycles. The number of rotatable bonds is 58. The fraction of sp³-hybridized carbons (Fsp3) is 0.806. The first-order valence-electron chi connectivity index (χ1n) is 31.8. The van der Waals surface area contributed by atoms with Gasteiger partial charge in [-0.3, -0.25) is 14.4 Å². The predicted molar refractivity (Wildman–Crippen MR) is 316 cm³/mol. The van der Waals surface area contributed by atoms with Crippen LogP contribution >= 0.6 is 0 Å². The SMILES string of the molecule is CCCCC/C=C\C/C=C\C/C=C\CCCCCCCCC(=O)OC(COC(=O)CCCCCCCCC)COC(=O)CCCCCCCCCCCCCCCCCCC/C=C\C/C=C\CCCCCCC. The van der Waals surface area contributed by atoms with Gasteiger partial charge in [-0.2, -0.15) is 0 Å². The molecule has 1 unspecified atom stereocenters. The second kappa shape index (κ2) is 61.7. The number of allylic oxidation sites excluding steroid dienone is 10. The molecular weight excluding hydrogens is 901 g/mol. The number of carbonyl (C=O) groups is 3. The number of ether oxygens (including phenoxy) is 3. The quantitative estimate of drug-likeness (QED) is 0.0261. The van der Waals surface area contributed by atoms with Crippen molar-refractivity contribution < 1.29 is 28.6 Å². The summed E-state index contributed by atoms with van der Waals surface area (Å²) in [5.74, 6) is -0.882. The maximum Gasteiger partial charge on any atom is 0.306 e. The van der Waals surface area contributed by atoms with E-state index in [2.05, 4.69) is 81.5 Å². The monoisotopic (exact) mass is 1020 g/mol. The van der Waals surface area contributed by atoms with Crippen molar-refractivity contribution >= 4 is 17.9 Å². The normalized spacial score (nSPS) is 12.4. The topological polar surface area (TPSA) is 78.9 Å². The maximum absolute atomic E-state index is 12.8. The average Bonchev–Trinajstić information content (AvgIpc) is 3.39. The van der Waals surface area contributed by atoms with Crippen molar-refractivity contribution in [3.8, 4) is 0 Å². The predicted octanol–water partition coefficient (Wildman–Crippen LogP) is 21.6. The van der Waals surface area contributed by atoms with Crippen LogP contribution < -0.4 is 0 Å². The molecule has 0 N–H and O–H groups in total. The lowest BCUT2D eigenvalue weighted by Gasteiger charge is -2.18. The molecule has 0 aromatic rings. The summed E-state index contributed by atoms with van der Waals surface area (Å²) in [6.45, 7) is 6.58. The van der Waals surface area contributed by atoms with Crippen LogP contribution in [0.5, 0.6) is 0 Å². The van der Waals surface area contributed by atoms with E-state index < -0.39 is 6.10 Å². The van der Waals surface area contributed by atoms with Crippen LogP contribution in [0.15, 0.2) is 60.8 Å². The minimum atomic E-state index is -0.777. The van der Waals surface area contributed by atoms with Crippen molar-refractivity contribution in [2.45, 2.75) is 335 Å². The molecule has 0 aliphatic heterocycles. The summed E-state index contributed by atoms with van der Waals surface area (Å²) >= 11 is 0. The van der Waals surface area contributed by atoms with Gasteiger partial charge in [-0.15, -0.1) is 0 Å². The number of esters is 3. The lowest BCUT2D eigenvalue weighted by molar-refractivity contribution is -0.167. The Morgan fingerprint density at radius 2 is 0.493 bits per heavy atom. The molecule has 0 fully saturated rings. The van der Waals surface area contributed by atoms with E-state index in [9.17, 15) is 14.4 Å². The van der Waals surface area contributed by atoms with Gasteiger partial charge in [0.15, 0.2) is 6.10 Å². The Morgan fingerprint density at radius 3 is 0.795 bits per heavy atom. The van der Waals surface area contributed by atoms with Gasteiger partial charge in [-0.05, 0) is 89.9 Å². The zero-order chi connectivity index (χ0) is 52.9. The van der Waals surface area contributed by atoms with Gasteiger partial charge in [0.25, 0.3) is 0 Å². The third kappa shape index (κ3) is 59.9. The first-order valence-corrected chi connectivity index (χ1v) is 31.8. The van der Waals surface area contributed by atoms with Crippen molar-refractivity contribution in [3.05, 3.63) is 60.8 Å². The van der Waals surface area contributed by atoms with E-state index in [1.54, 1.807) is 0 Å². The summed E-state index contributed by atoms with van der Waals surface area (Å²) < 4.78 is 16.8. The molecule has 0 heterocycles. The lowest BCUT2D eigenvalue weighted by atomic mass is 10.0. The second-order valence-corrected chi connectivity index (χ2v) is 21.3.